The Morgan fingerprint density at radius 3 is 2.71 bits per heavy atom. The largest absolute Gasteiger partial charge is 0.298 e. The van der Waals surface area contributed by atoms with E-state index in [0.29, 0.717) is 11.4 Å². The van der Waals surface area contributed by atoms with Gasteiger partial charge in [0.2, 0.25) is 10.0 Å². The third kappa shape index (κ3) is 5.80. The molecule has 0 spiro atoms. The number of hydrogen-bond donors (Lipinski definition) is 1. The first-order chi connectivity index (χ1) is 14.9. The van der Waals surface area contributed by atoms with E-state index in [4.69, 9.17) is 0 Å². The second-order valence-corrected chi connectivity index (χ2v) is 11.3. The zero-order valence-electron chi connectivity index (χ0n) is 17.8. The Kier molecular flexibility index (Phi) is 6.86. The molecule has 1 aromatic carbocycles. The van der Waals surface area contributed by atoms with Gasteiger partial charge in [-0.3, -0.25) is 9.88 Å². The first-order valence-electron chi connectivity index (χ1n) is 10.6. The number of hydrogen-bond acceptors (Lipinski definition) is 5. The smallest absolute Gasteiger partial charge is 0.240 e. The minimum Gasteiger partial charge on any atom is -0.298 e. The lowest BCUT2D eigenvalue weighted by atomic mass is 9.82. The van der Waals surface area contributed by atoms with E-state index in [9.17, 15) is 8.42 Å². The molecule has 0 saturated carbocycles. The average molecular weight is 456 g/mol. The summed E-state index contributed by atoms with van der Waals surface area (Å²) in [6.07, 6.45) is 6.62. The highest BCUT2D eigenvalue weighted by Gasteiger charge is 2.38. The quantitative estimate of drug-likeness (QED) is 0.524. The van der Waals surface area contributed by atoms with Crippen LogP contribution >= 0.6 is 11.3 Å². The first-order valence-corrected chi connectivity index (χ1v) is 13.0. The van der Waals surface area contributed by atoms with Gasteiger partial charge in [0.25, 0.3) is 0 Å². The van der Waals surface area contributed by atoms with Crippen molar-refractivity contribution in [2.45, 2.75) is 37.6 Å². The summed E-state index contributed by atoms with van der Waals surface area (Å²) < 4.78 is 28.8. The van der Waals surface area contributed by atoms with E-state index in [1.54, 1.807) is 29.7 Å². The molecular weight excluding hydrogens is 426 g/mol. The lowest BCUT2D eigenvalue weighted by molar-refractivity contribution is 0.237. The fourth-order valence-corrected chi connectivity index (χ4v) is 6.11. The molecule has 3 aromatic rings. The van der Waals surface area contributed by atoms with Gasteiger partial charge < -0.3 is 0 Å². The molecule has 0 bridgehead atoms. The van der Waals surface area contributed by atoms with Crippen molar-refractivity contribution in [3.8, 4) is 0 Å². The highest BCUT2D eigenvalue weighted by atomic mass is 32.2. The Balaban J connectivity index is 1.47. The SMILES string of the molecule is Cc1ccc(S(=O)(=O)NC[C@@]2(CCc3cccs3)CCN(Cc3cccnc3)C2)cc1. The summed E-state index contributed by atoms with van der Waals surface area (Å²) in [7, 11) is -3.53. The lowest BCUT2D eigenvalue weighted by Crippen LogP contribution is -2.40. The van der Waals surface area contributed by atoms with Crippen LogP contribution in [0, 0.1) is 12.3 Å². The summed E-state index contributed by atoms with van der Waals surface area (Å²) in [5.74, 6) is 0. The molecule has 1 N–H and O–H groups in total. The molecule has 1 saturated heterocycles. The number of likely N-dealkylation sites (tertiary alicyclic amines) is 1. The van der Waals surface area contributed by atoms with Crippen LogP contribution in [0.1, 0.15) is 28.8 Å². The van der Waals surface area contributed by atoms with Gasteiger partial charge in [-0.2, -0.15) is 0 Å². The van der Waals surface area contributed by atoms with Crippen molar-refractivity contribution in [1.29, 1.82) is 0 Å². The van der Waals surface area contributed by atoms with Crippen LogP contribution in [-0.4, -0.2) is 37.9 Å². The van der Waals surface area contributed by atoms with Gasteiger partial charge >= 0.3 is 0 Å². The van der Waals surface area contributed by atoms with Gasteiger partial charge in [-0.25, -0.2) is 13.1 Å². The topological polar surface area (TPSA) is 62.3 Å². The third-order valence-corrected chi connectivity index (χ3v) is 8.45. The molecule has 2 aromatic heterocycles. The Hall–Kier alpha value is -2.06. The van der Waals surface area contributed by atoms with Crippen molar-refractivity contribution in [3.05, 3.63) is 82.3 Å². The van der Waals surface area contributed by atoms with E-state index >= 15 is 0 Å². The number of nitrogens with zero attached hydrogens (tertiary/aromatic N) is 2. The molecule has 1 fully saturated rings. The number of benzene rings is 1. The molecule has 31 heavy (non-hydrogen) atoms. The molecule has 1 aliphatic heterocycles. The number of aryl methyl sites for hydroxylation is 2. The maximum Gasteiger partial charge on any atom is 0.240 e. The molecule has 0 aliphatic carbocycles. The minimum atomic E-state index is -3.53. The molecular formula is C24H29N3O2S2. The molecule has 1 atom stereocenters. The van der Waals surface area contributed by atoms with Crippen LogP contribution in [0.3, 0.4) is 0 Å². The van der Waals surface area contributed by atoms with Crippen LogP contribution in [-0.2, 0) is 23.0 Å². The van der Waals surface area contributed by atoms with E-state index in [1.165, 1.54) is 10.4 Å². The predicted octanol–water partition coefficient (Wildman–Crippen LogP) is 4.25. The van der Waals surface area contributed by atoms with E-state index < -0.39 is 10.0 Å². The summed E-state index contributed by atoms with van der Waals surface area (Å²) in [6.45, 7) is 5.10. The van der Waals surface area contributed by atoms with Crippen molar-refractivity contribution in [3.63, 3.8) is 0 Å². The minimum absolute atomic E-state index is 0.0794. The highest BCUT2D eigenvalue weighted by Crippen LogP contribution is 2.36. The standard InChI is InChI=1S/C24H29N3O2S2/c1-20-6-8-23(9-7-20)31(28,29)26-18-24(11-10-22-5-3-15-30-22)12-14-27(19-24)17-21-4-2-13-25-16-21/h2-9,13,15-16,26H,10-12,14,17-19H2,1H3/t24-/m1/s1. The second-order valence-electron chi connectivity index (χ2n) is 8.54. The van der Waals surface area contributed by atoms with Gasteiger partial charge in [0, 0.05) is 36.9 Å². The molecule has 0 amide bonds. The zero-order valence-corrected chi connectivity index (χ0v) is 19.5. The summed E-state index contributed by atoms with van der Waals surface area (Å²) in [5.41, 5.74) is 2.16. The molecule has 164 valence electrons. The van der Waals surface area contributed by atoms with Gasteiger partial charge in [-0.1, -0.05) is 29.8 Å². The van der Waals surface area contributed by atoms with E-state index in [0.717, 1.165) is 44.5 Å². The maximum absolute atomic E-state index is 12.9. The number of rotatable bonds is 9. The third-order valence-electron chi connectivity index (χ3n) is 6.10. The fourth-order valence-electron chi connectivity index (χ4n) is 4.24. The number of sulfonamides is 1. The number of nitrogens with one attached hydrogen (secondary N) is 1. The Bertz CT molecular complexity index is 1070. The summed E-state index contributed by atoms with van der Waals surface area (Å²) in [5, 5.41) is 2.10. The number of pyridine rings is 1. The van der Waals surface area contributed by atoms with Gasteiger partial charge in [0.1, 0.15) is 0 Å². The first kappa shape index (κ1) is 22.1. The Morgan fingerprint density at radius 2 is 2.00 bits per heavy atom. The van der Waals surface area contributed by atoms with Gasteiger partial charge in [-0.05, 0) is 73.4 Å². The van der Waals surface area contributed by atoms with Gasteiger partial charge in [0.05, 0.1) is 4.90 Å². The van der Waals surface area contributed by atoms with Crippen LogP contribution in [0.15, 0.2) is 71.2 Å². The van der Waals surface area contributed by atoms with Crippen LogP contribution in [0.25, 0.3) is 0 Å². The van der Waals surface area contributed by atoms with Crippen LogP contribution in [0.4, 0.5) is 0 Å². The zero-order chi connectivity index (χ0) is 21.7. The van der Waals surface area contributed by atoms with Crippen LogP contribution < -0.4 is 4.72 Å². The summed E-state index contributed by atoms with van der Waals surface area (Å²) in [6, 6.07) is 15.3. The van der Waals surface area contributed by atoms with Gasteiger partial charge in [0.15, 0.2) is 0 Å². The lowest BCUT2D eigenvalue weighted by Gasteiger charge is -2.30. The van der Waals surface area contributed by atoms with E-state index in [1.807, 2.05) is 31.3 Å². The van der Waals surface area contributed by atoms with Crippen molar-refractivity contribution >= 4 is 21.4 Å². The molecule has 4 rings (SSSR count). The molecule has 1 aliphatic rings. The van der Waals surface area contributed by atoms with Crippen LogP contribution in [0.2, 0.25) is 0 Å². The molecule has 0 unspecified atom stereocenters. The van der Waals surface area contributed by atoms with Gasteiger partial charge in [-0.15, -0.1) is 11.3 Å². The maximum atomic E-state index is 12.9. The molecule has 7 heteroatoms. The van der Waals surface area contributed by atoms with E-state index in [2.05, 4.69) is 38.2 Å². The van der Waals surface area contributed by atoms with Crippen molar-refractivity contribution in [2.75, 3.05) is 19.6 Å². The normalized spacial score (nSPS) is 19.6. The molecule has 0 radical (unpaired) electrons. The predicted molar refractivity (Wildman–Crippen MR) is 126 cm³/mol. The number of thiophene rings is 1. The monoisotopic (exact) mass is 455 g/mol. The fraction of sp³-hybridized carbons (Fsp3) is 0.375. The Morgan fingerprint density at radius 1 is 1.16 bits per heavy atom. The van der Waals surface area contributed by atoms with Crippen molar-refractivity contribution in [2.24, 2.45) is 5.41 Å². The van der Waals surface area contributed by atoms with Crippen LogP contribution in [0.5, 0.6) is 0 Å². The summed E-state index contributed by atoms with van der Waals surface area (Å²) in [4.78, 5) is 8.33. The second kappa shape index (κ2) is 9.61. The van der Waals surface area contributed by atoms with Crippen molar-refractivity contribution < 1.29 is 8.42 Å². The van der Waals surface area contributed by atoms with E-state index in [-0.39, 0.29) is 5.41 Å². The highest BCUT2D eigenvalue weighted by molar-refractivity contribution is 7.89. The van der Waals surface area contributed by atoms with Crippen molar-refractivity contribution in [1.82, 2.24) is 14.6 Å². The summed E-state index contributed by atoms with van der Waals surface area (Å²) >= 11 is 1.77. The molecule has 5 nitrogen and oxygen atoms in total. The Labute approximate surface area is 189 Å². The number of aromatic nitrogens is 1. The molecule has 3 heterocycles. The average Bonchev–Trinajstić information content (AvgIpc) is 3.43.